The smallest absolute Gasteiger partial charge is 0.122 e. The third kappa shape index (κ3) is 18.5. The normalized spacial score (nSPS) is 10.6. The van der Waals surface area contributed by atoms with Crippen LogP contribution in [0.5, 0.6) is 5.75 Å². The number of aliphatic hydroxyl groups excluding tert-OH is 3. The minimum atomic E-state index is -0.564. The zero-order chi connectivity index (χ0) is 29.5. The van der Waals surface area contributed by atoms with Crippen LogP contribution in [0.25, 0.3) is 0 Å². The number of hydrogen-bond donors (Lipinski definition) is 4. The summed E-state index contributed by atoms with van der Waals surface area (Å²) >= 11 is 0. The number of rotatable bonds is 4. The Morgan fingerprint density at radius 1 is 0.667 bits per heavy atom. The van der Waals surface area contributed by atoms with E-state index in [-0.39, 0.29) is 45.4 Å². The van der Waals surface area contributed by atoms with Crippen LogP contribution in [0.3, 0.4) is 0 Å². The molecule has 3 rings (SSSR count). The first kappa shape index (κ1) is 39.6. The molecule has 0 fully saturated rings. The molecule has 0 amide bonds. The van der Waals surface area contributed by atoms with Crippen LogP contribution in [0.2, 0.25) is 0 Å². The van der Waals surface area contributed by atoms with Gasteiger partial charge in [0.15, 0.2) is 0 Å². The molecule has 0 aromatic heterocycles. The van der Waals surface area contributed by atoms with E-state index in [1.807, 2.05) is 0 Å². The Morgan fingerprint density at radius 2 is 1.00 bits per heavy atom. The summed E-state index contributed by atoms with van der Waals surface area (Å²) in [5.74, 6) is 0.461. The van der Waals surface area contributed by atoms with Crippen LogP contribution in [0.4, 0.5) is 0 Å². The first-order valence-corrected chi connectivity index (χ1v) is 14.8. The van der Waals surface area contributed by atoms with Gasteiger partial charge in [-0.1, -0.05) is 99.1 Å². The van der Waals surface area contributed by atoms with Crippen LogP contribution in [-0.4, -0.2) is 38.7 Å². The SMILES string of the molecule is CC(C)O.CC(C)O.CC(C)O.Cc1cc(CP(c2ccccc2)c2ccccc2)c(O)c(C(C)(C)C)c1.[Ti]. The molecule has 216 valence electrons. The summed E-state index contributed by atoms with van der Waals surface area (Å²) in [6.45, 7) is 18.9. The molecule has 0 spiro atoms. The van der Waals surface area contributed by atoms with Gasteiger partial charge < -0.3 is 20.4 Å². The van der Waals surface area contributed by atoms with E-state index >= 15 is 0 Å². The van der Waals surface area contributed by atoms with E-state index in [0.717, 1.165) is 17.3 Å². The van der Waals surface area contributed by atoms with Crippen molar-refractivity contribution in [3.05, 3.63) is 89.5 Å². The zero-order valence-corrected chi connectivity index (χ0v) is 28.1. The van der Waals surface area contributed by atoms with Crippen LogP contribution >= 0.6 is 7.92 Å². The van der Waals surface area contributed by atoms with Gasteiger partial charge in [-0.2, -0.15) is 0 Å². The van der Waals surface area contributed by atoms with Gasteiger partial charge in [0.2, 0.25) is 0 Å². The molecule has 4 nitrogen and oxygen atoms in total. The summed E-state index contributed by atoms with van der Waals surface area (Å²) in [5.41, 5.74) is 3.21. The molecule has 0 aliphatic carbocycles. The second-order valence-electron chi connectivity index (χ2n) is 11.1. The van der Waals surface area contributed by atoms with Gasteiger partial charge in [-0.25, -0.2) is 0 Å². The first-order valence-electron chi connectivity index (χ1n) is 13.3. The van der Waals surface area contributed by atoms with Gasteiger partial charge in [-0.3, -0.25) is 0 Å². The molecule has 39 heavy (non-hydrogen) atoms. The van der Waals surface area contributed by atoms with Crippen molar-refractivity contribution in [3.63, 3.8) is 0 Å². The van der Waals surface area contributed by atoms with Crippen molar-refractivity contribution in [3.8, 4) is 5.75 Å². The number of phenols is 1. The third-order valence-electron chi connectivity index (χ3n) is 4.61. The maximum Gasteiger partial charge on any atom is 0.122 e. The molecule has 6 heteroatoms. The fourth-order valence-electron chi connectivity index (χ4n) is 3.26. The van der Waals surface area contributed by atoms with E-state index in [9.17, 15) is 5.11 Å². The van der Waals surface area contributed by atoms with E-state index in [1.165, 1.54) is 16.2 Å². The molecule has 0 aliphatic heterocycles. The summed E-state index contributed by atoms with van der Waals surface area (Å²) in [6, 6.07) is 25.6. The van der Waals surface area contributed by atoms with Gasteiger partial charge in [0.25, 0.3) is 0 Å². The molecule has 0 bridgehead atoms. The van der Waals surface area contributed by atoms with Gasteiger partial charge in [-0.15, -0.1) is 0 Å². The minimum absolute atomic E-state index is 0. The van der Waals surface area contributed by atoms with Crippen molar-refractivity contribution in [2.45, 2.75) is 99.1 Å². The fraction of sp³-hybridized carbons (Fsp3) is 0.455. The summed E-state index contributed by atoms with van der Waals surface area (Å²) < 4.78 is 0. The Labute approximate surface area is 254 Å². The molecule has 0 unspecified atom stereocenters. The Kier molecular flexibility index (Phi) is 20.7. The number of aliphatic hydroxyl groups is 3. The van der Waals surface area contributed by atoms with E-state index in [4.69, 9.17) is 15.3 Å². The molecule has 0 radical (unpaired) electrons. The van der Waals surface area contributed by atoms with Crippen molar-refractivity contribution >= 4 is 18.5 Å². The van der Waals surface area contributed by atoms with Crippen molar-refractivity contribution < 1.29 is 42.1 Å². The molecule has 0 heterocycles. The number of aryl methyl sites for hydroxylation is 1. The Morgan fingerprint density at radius 3 is 1.31 bits per heavy atom. The predicted octanol–water partition coefficient (Wildman–Crippen LogP) is 6.79. The third-order valence-corrected chi connectivity index (χ3v) is 7.11. The van der Waals surface area contributed by atoms with Gasteiger partial charge in [0.05, 0.1) is 0 Å². The van der Waals surface area contributed by atoms with Crippen LogP contribution in [0.15, 0.2) is 72.8 Å². The topological polar surface area (TPSA) is 80.9 Å². The molecular formula is C33H51O4PTi. The number of hydrogen-bond acceptors (Lipinski definition) is 4. The maximum atomic E-state index is 11.0. The zero-order valence-electron chi connectivity index (χ0n) is 25.6. The average Bonchev–Trinajstić information content (AvgIpc) is 2.78. The summed E-state index contributed by atoms with van der Waals surface area (Å²) in [7, 11) is -0.564. The molecule has 0 saturated heterocycles. The summed E-state index contributed by atoms with van der Waals surface area (Å²) in [5, 5.41) is 37.8. The van der Waals surface area contributed by atoms with Gasteiger partial charge in [0, 0.05) is 46.2 Å². The summed E-state index contributed by atoms with van der Waals surface area (Å²) in [6.07, 6.45) is 0.347. The van der Waals surface area contributed by atoms with E-state index in [2.05, 4.69) is 100 Å². The molecule has 0 atom stereocenters. The molecule has 3 aromatic rings. The second kappa shape index (κ2) is 20.4. The van der Waals surface area contributed by atoms with Gasteiger partial charge in [0.1, 0.15) is 5.75 Å². The first-order chi connectivity index (χ1) is 17.6. The fourth-order valence-corrected chi connectivity index (χ4v) is 5.57. The Balaban J connectivity index is 0. The van der Waals surface area contributed by atoms with E-state index in [0.29, 0.717) is 5.75 Å². The molecule has 4 N–H and O–H groups in total. The van der Waals surface area contributed by atoms with Crippen LogP contribution in [0.1, 0.15) is 79.0 Å². The average molecular weight is 591 g/mol. The van der Waals surface area contributed by atoms with Gasteiger partial charge >= 0.3 is 0 Å². The van der Waals surface area contributed by atoms with Crippen molar-refractivity contribution in [1.29, 1.82) is 0 Å². The second-order valence-corrected chi connectivity index (χ2v) is 13.3. The van der Waals surface area contributed by atoms with Crippen LogP contribution in [0, 0.1) is 6.92 Å². The van der Waals surface area contributed by atoms with Crippen molar-refractivity contribution in [1.82, 2.24) is 0 Å². The Hall–Kier alpha value is -1.52. The molecule has 3 aromatic carbocycles. The van der Waals surface area contributed by atoms with Crippen molar-refractivity contribution in [2.75, 3.05) is 0 Å². The largest absolute Gasteiger partial charge is 0.507 e. The van der Waals surface area contributed by atoms with E-state index < -0.39 is 7.92 Å². The Bertz CT molecular complexity index is 955. The number of phenolic OH excluding ortho intramolecular Hbond substituents is 1. The minimum Gasteiger partial charge on any atom is -0.507 e. The quantitative estimate of drug-likeness (QED) is 0.199. The maximum absolute atomic E-state index is 11.0. The number of aromatic hydroxyl groups is 1. The van der Waals surface area contributed by atoms with Gasteiger partial charge in [-0.05, 0) is 83.5 Å². The molecule has 0 saturated carbocycles. The van der Waals surface area contributed by atoms with Crippen LogP contribution < -0.4 is 10.6 Å². The summed E-state index contributed by atoms with van der Waals surface area (Å²) in [4.78, 5) is 0. The number of benzene rings is 3. The van der Waals surface area contributed by atoms with Crippen molar-refractivity contribution in [2.24, 2.45) is 0 Å². The standard InChI is InChI=1S/C24H27OP.3C3H8O.Ti/c1-18-15-19(23(25)22(16-18)24(2,3)4)17-26(20-11-7-5-8-12-20)21-13-9-6-10-14-21;3*1-3(2)4;/h5-16,25H,17H2,1-4H3;3*3-4H,1-2H3;. The molecule has 0 aliphatic rings. The predicted molar refractivity (Wildman–Crippen MR) is 166 cm³/mol. The van der Waals surface area contributed by atoms with Crippen LogP contribution in [-0.2, 0) is 33.3 Å². The molecular weight excluding hydrogens is 539 g/mol. The monoisotopic (exact) mass is 590 g/mol. The van der Waals surface area contributed by atoms with E-state index in [1.54, 1.807) is 41.5 Å².